The Hall–Kier alpha value is -0.600. The molecule has 2 heteroatoms. The fourth-order valence-corrected chi connectivity index (χ4v) is 3.73. The summed E-state index contributed by atoms with van der Waals surface area (Å²) >= 11 is 2.01. The van der Waals surface area contributed by atoms with E-state index in [-0.39, 0.29) is 0 Å². The largest absolute Gasteiger partial charge is 0.309 e. The summed E-state index contributed by atoms with van der Waals surface area (Å²) in [5.41, 5.74) is 2.86. The van der Waals surface area contributed by atoms with Crippen molar-refractivity contribution in [1.29, 1.82) is 0 Å². The summed E-state index contributed by atoms with van der Waals surface area (Å²) in [6.45, 7) is 9.35. The van der Waals surface area contributed by atoms with Crippen LogP contribution in [0.3, 0.4) is 0 Å². The lowest BCUT2D eigenvalue weighted by molar-refractivity contribution is 0.556. The molecule has 1 atom stereocenters. The topological polar surface area (TPSA) is 12.0 Å². The Morgan fingerprint density at radius 3 is 3.00 bits per heavy atom. The van der Waals surface area contributed by atoms with Gasteiger partial charge in [0.25, 0.3) is 0 Å². The number of hydrogen-bond acceptors (Lipinski definition) is 2. The van der Waals surface area contributed by atoms with E-state index >= 15 is 0 Å². The number of aryl methyl sites for hydroxylation is 2. The number of nitrogens with one attached hydrogen (secondary N) is 1. The minimum absolute atomic E-state index is 0.484. The molecule has 1 heterocycles. The van der Waals surface area contributed by atoms with Crippen molar-refractivity contribution in [3.8, 4) is 0 Å². The highest BCUT2D eigenvalue weighted by Crippen LogP contribution is 2.35. The molecule has 0 spiro atoms. The van der Waals surface area contributed by atoms with Gasteiger partial charge in [-0.2, -0.15) is 0 Å². The quantitative estimate of drug-likeness (QED) is 0.764. The zero-order valence-electron chi connectivity index (χ0n) is 10.3. The van der Waals surface area contributed by atoms with Crippen molar-refractivity contribution in [2.45, 2.75) is 45.6 Å². The Kier molecular flexibility index (Phi) is 3.82. The van der Waals surface area contributed by atoms with E-state index in [1.54, 1.807) is 10.4 Å². The summed E-state index contributed by atoms with van der Waals surface area (Å²) in [5, 5.41) is 3.57. The van der Waals surface area contributed by atoms with Crippen LogP contribution in [0.4, 0.5) is 0 Å². The maximum Gasteiger partial charge on any atom is 0.0452 e. The van der Waals surface area contributed by atoms with Crippen LogP contribution in [0.15, 0.2) is 18.2 Å². The zero-order chi connectivity index (χ0) is 11.5. The standard InChI is InChI=1S/C14H21NS/c1-4-15-12(8-10(2)3)14-9-11-6-5-7-13(11)16-14/h9,12,15H,2,4-8H2,1,3H3. The van der Waals surface area contributed by atoms with Crippen molar-refractivity contribution in [1.82, 2.24) is 5.32 Å². The maximum absolute atomic E-state index is 4.03. The van der Waals surface area contributed by atoms with Crippen molar-refractivity contribution in [2.24, 2.45) is 0 Å². The molecule has 1 aliphatic carbocycles. The molecule has 0 saturated carbocycles. The smallest absolute Gasteiger partial charge is 0.0452 e. The lowest BCUT2D eigenvalue weighted by Gasteiger charge is -2.16. The van der Waals surface area contributed by atoms with E-state index in [0.717, 1.165) is 13.0 Å². The molecule has 1 aromatic rings. The summed E-state index contributed by atoms with van der Waals surface area (Å²) in [5.74, 6) is 0. The SMILES string of the molecule is C=C(C)CC(NCC)c1cc2c(s1)CCC2. The van der Waals surface area contributed by atoms with Gasteiger partial charge < -0.3 is 5.32 Å². The third-order valence-electron chi connectivity index (χ3n) is 3.11. The number of rotatable bonds is 5. The molecule has 1 nitrogen and oxygen atoms in total. The minimum Gasteiger partial charge on any atom is -0.309 e. The summed E-state index contributed by atoms with van der Waals surface area (Å²) in [6, 6.07) is 2.90. The van der Waals surface area contributed by atoms with Gasteiger partial charge in [-0.1, -0.05) is 12.5 Å². The molecule has 0 aromatic carbocycles. The van der Waals surface area contributed by atoms with Crippen LogP contribution in [0.5, 0.6) is 0 Å². The zero-order valence-corrected chi connectivity index (χ0v) is 11.1. The number of fused-ring (bicyclic) bond motifs is 1. The minimum atomic E-state index is 0.484. The highest BCUT2D eigenvalue weighted by molar-refractivity contribution is 7.12. The van der Waals surface area contributed by atoms with Gasteiger partial charge in [0.05, 0.1) is 0 Å². The first-order chi connectivity index (χ1) is 7.70. The number of hydrogen-bond donors (Lipinski definition) is 1. The molecule has 1 aliphatic rings. The Morgan fingerprint density at radius 2 is 2.38 bits per heavy atom. The van der Waals surface area contributed by atoms with Crippen LogP contribution in [0.2, 0.25) is 0 Å². The van der Waals surface area contributed by atoms with Gasteiger partial charge in [-0.25, -0.2) is 0 Å². The molecule has 0 fully saturated rings. The molecular weight excluding hydrogens is 214 g/mol. The van der Waals surface area contributed by atoms with Crippen molar-refractivity contribution >= 4 is 11.3 Å². The monoisotopic (exact) mass is 235 g/mol. The van der Waals surface area contributed by atoms with Crippen LogP contribution in [0.25, 0.3) is 0 Å². The Bertz CT molecular complexity index is 357. The predicted octanol–water partition coefficient (Wildman–Crippen LogP) is 3.85. The summed E-state index contributed by atoms with van der Waals surface area (Å²) in [7, 11) is 0. The first-order valence-corrected chi connectivity index (χ1v) is 7.01. The van der Waals surface area contributed by atoms with Crippen LogP contribution >= 0.6 is 11.3 Å². The molecule has 1 unspecified atom stereocenters. The van der Waals surface area contributed by atoms with Crippen LogP contribution < -0.4 is 5.32 Å². The van der Waals surface area contributed by atoms with E-state index in [4.69, 9.17) is 0 Å². The van der Waals surface area contributed by atoms with Crippen LogP contribution in [-0.4, -0.2) is 6.54 Å². The second-order valence-electron chi connectivity index (χ2n) is 4.72. The molecule has 0 radical (unpaired) electrons. The molecule has 1 aromatic heterocycles. The summed E-state index contributed by atoms with van der Waals surface area (Å²) in [4.78, 5) is 3.13. The van der Waals surface area contributed by atoms with Gasteiger partial charge in [-0.3, -0.25) is 0 Å². The highest BCUT2D eigenvalue weighted by Gasteiger charge is 2.19. The Labute approximate surface area is 103 Å². The second kappa shape index (κ2) is 5.15. The summed E-state index contributed by atoms with van der Waals surface area (Å²) in [6.07, 6.45) is 5.00. The van der Waals surface area contributed by atoms with Gasteiger partial charge in [-0.05, 0) is 50.8 Å². The van der Waals surface area contributed by atoms with Gasteiger partial charge in [0, 0.05) is 15.8 Å². The fraction of sp³-hybridized carbons (Fsp3) is 0.571. The highest BCUT2D eigenvalue weighted by atomic mass is 32.1. The van der Waals surface area contributed by atoms with E-state index in [0.29, 0.717) is 6.04 Å². The molecule has 88 valence electrons. The molecule has 0 aliphatic heterocycles. The van der Waals surface area contributed by atoms with Gasteiger partial charge in [0.15, 0.2) is 0 Å². The third-order valence-corrected chi connectivity index (χ3v) is 4.46. The maximum atomic E-state index is 4.03. The molecule has 1 N–H and O–H groups in total. The van der Waals surface area contributed by atoms with Crippen LogP contribution in [-0.2, 0) is 12.8 Å². The van der Waals surface area contributed by atoms with Crippen molar-refractivity contribution in [3.63, 3.8) is 0 Å². The summed E-state index contributed by atoms with van der Waals surface area (Å²) < 4.78 is 0. The van der Waals surface area contributed by atoms with E-state index in [2.05, 4.69) is 31.8 Å². The Morgan fingerprint density at radius 1 is 1.56 bits per heavy atom. The molecular formula is C14H21NS. The first-order valence-electron chi connectivity index (χ1n) is 6.20. The average Bonchev–Trinajstić information content (AvgIpc) is 2.74. The average molecular weight is 235 g/mol. The van der Waals surface area contributed by atoms with E-state index in [1.807, 2.05) is 11.3 Å². The number of thiophene rings is 1. The van der Waals surface area contributed by atoms with E-state index < -0.39 is 0 Å². The second-order valence-corrected chi connectivity index (χ2v) is 5.89. The predicted molar refractivity (Wildman–Crippen MR) is 72.2 cm³/mol. The molecule has 2 rings (SSSR count). The van der Waals surface area contributed by atoms with Gasteiger partial charge in [0.2, 0.25) is 0 Å². The van der Waals surface area contributed by atoms with E-state index in [9.17, 15) is 0 Å². The van der Waals surface area contributed by atoms with Gasteiger partial charge in [0.1, 0.15) is 0 Å². The van der Waals surface area contributed by atoms with Gasteiger partial charge >= 0.3 is 0 Å². The molecule has 0 saturated heterocycles. The Balaban J connectivity index is 2.14. The lowest BCUT2D eigenvalue weighted by Crippen LogP contribution is -2.20. The van der Waals surface area contributed by atoms with Crippen molar-refractivity contribution in [2.75, 3.05) is 6.54 Å². The van der Waals surface area contributed by atoms with E-state index in [1.165, 1.54) is 29.7 Å². The van der Waals surface area contributed by atoms with Crippen molar-refractivity contribution < 1.29 is 0 Å². The van der Waals surface area contributed by atoms with Crippen molar-refractivity contribution in [3.05, 3.63) is 33.5 Å². The lowest BCUT2D eigenvalue weighted by atomic mass is 10.1. The normalized spacial score (nSPS) is 16.1. The van der Waals surface area contributed by atoms with Crippen LogP contribution in [0, 0.1) is 0 Å². The first kappa shape index (κ1) is 11.9. The molecule has 16 heavy (non-hydrogen) atoms. The third kappa shape index (κ3) is 2.55. The van der Waals surface area contributed by atoms with Crippen LogP contribution in [0.1, 0.15) is 48.0 Å². The molecule has 0 amide bonds. The van der Waals surface area contributed by atoms with Gasteiger partial charge in [-0.15, -0.1) is 17.9 Å². The fourth-order valence-electron chi connectivity index (χ4n) is 2.39. The molecule has 0 bridgehead atoms.